The number of ether oxygens (including phenoxy) is 1. The fourth-order valence-electron chi connectivity index (χ4n) is 2.15. The molecule has 1 aliphatic heterocycles. The van der Waals surface area contributed by atoms with E-state index in [1.54, 1.807) is 12.1 Å². The lowest BCUT2D eigenvalue weighted by molar-refractivity contribution is -0.123. The van der Waals surface area contributed by atoms with Crippen LogP contribution in [-0.4, -0.2) is 31.0 Å². The summed E-state index contributed by atoms with van der Waals surface area (Å²) in [6.45, 7) is 3.71. The maximum Gasteiger partial charge on any atom is 0.262 e. The van der Waals surface area contributed by atoms with Gasteiger partial charge in [-0.05, 0) is 6.07 Å². The highest BCUT2D eigenvalue weighted by Crippen LogP contribution is 2.25. The van der Waals surface area contributed by atoms with Gasteiger partial charge in [0.15, 0.2) is 0 Å². The molecule has 1 unspecified atom stereocenters. The van der Waals surface area contributed by atoms with E-state index in [0.717, 1.165) is 5.56 Å². The SMILES string of the molecule is C=CCOc1ccccc1CNC(=O)C1CC(F)(F)CN1. The molecule has 1 heterocycles. The van der Waals surface area contributed by atoms with Crippen molar-refractivity contribution in [2.24, 2.45) is 0 Å². The summed E-state index contributed by atoms with van der Waals surface area (Å²) in [5, 5.41) is 5.18. The zero-order valence-electron chi connectivity index (χ0n) is 11.6. The van der Waals surface area contributed by atoms with E-state index in [0.29, 0.717) is 12.4 Å². The number of carbonyl (C=O) groups is 1. The Morgan fingerprint density at radius 3 is 2.95 bits per heavy atom. The molecule has 1 atom stereocenters. The van der Waals surface area contributed by atoms with Crippen molar-refractivity contribution in [3.8, 4) is 5.75 Å². The van der Waals surface area contributed by atoms with Crippen LogP contribution in [0.3, 0.4) is 0 Å². The van der Waals surface area contributed by atoms with E-state index in [9.17, 15) is 13.6 Å². The zero-order chi connectivity index (χ0) is 15.3. The van der Waals surface area contributed by atoms with Gasteiger partial charge in [-0.3, -0.25) is 10.1 Å². The average molecular weight is 296 g/mol. The molecule has 1 fully saturated rings. The van der Waals surface area contributed by atoms with Crippen LogP contribution in [0.5, 0.6) is 5.75 Å². The molecular weight excluding hydrogens is 278 g/mol. The van der Waals surface area contributed by atoms with Crippen molar-refractivity contribution in [2.45, 2.75) is 24.9 Å². The molecule has 2 rings (SSSR count). The minimum atomic E-state index is -2.81. The second-order valence-corrected chi connectivity index (χ2v) is 4.92. The van der Waals surface area contributed by atoms with Crippen LogP contribution in [0.2, 0.25) is 0 Å². The van der Waals surface area contributed by atoms with Crippen molar-refractivity contribution in [2.75, 3.05) is 13.2 Å². The van der Waals surface area contributed by atoms with Crippen molar-refractivity contribution in [1.82, 2.24) is 10.6 Å². The first-order valence-electron chi connectivity index (χ1n) is 6.72. The van der Waals surface area contributed by atoms with Crippen molar-refractivity contribution in [3.63, 3.8) is 0 Å². The molecule has 114 valence electrons. The number of halogens is 2. The number of para-hydroxylation sites is 1. The first kappa shape index (κ1) is 15.4. The van der Waals surface area contributed by atoms with E-state index < -0.39 is 30.8 Å². The van der Waals surface area contributed by atoms with Gasteiger partial charge in [0.2, 0.25) is 5.91 Å². The zero-order valence-corrected chi connectivity index (χ0v) is 11.6. The Hall–Kier alpha value is -1.95. The largest absolute Gasteiger partial charge is 0.489 e. The molecule has 0 aromatic heterocycles. The Morgan fingerprint density at radius 2 is 2.29 bits per heavy atom. The van der Waals surface area contributed by atoms with Crippen molar-refractivity contribution in [1.29, 1.82) is 0 Å². The van der Waals surface area contributed by atoms with E-state index >= 15 is 0 Å². The molecule has 1 aromatic carbocycles. The molecule has 6 heteroatoms. The molecule has 0 saturated carbocycles. The highest BCUT2D eigenvalue weighted by molar-refractivity contribution is 5.82. The van der Waals surface area contributed by atoms with Gasteiger partial charge in [-0.15, -0.1) is 0 Å². The highest BCUT2D eigenvalue weighted by atomic mass is 19.3. The summed E-state index contributed by atoms with van der Waals surface area (Å²) in [6, 6.07) is 6.40. The maximum absolute atomic E-state index is 13.0. The van der Waals surface area contributed by atoms with E-state index in [1.165, 1.54) is 0 Å². The van der Waals surface area contributed by atoms with Crippen LogP contribution in [0.1, 0.15) is 12.0 Å². The third kappa shape index (κ3) is 4.26. The second kappa shape index (κ2) is 6.67. The van der Waals surface area contributed by atoms with Gasteiger partial charge in [-0.25, -0.2) is 8.78 Å². The summed E-state index contributed by atoms with van der Waals surface area (Å²) in [4.78, 5) is 11.9. The van der Waals surface area contributed by atoms with Gasteiger partial charge in [-0.1, -0.05) is 30.9 Å². The minimum absolute atomic E-state index is 0.232. The molecule has 0 radical (unpaired) electrons. The quantitative estimate of drug-likeness (QED) is 0.788. The standard InChI is InChI=1S/C15H18F2N2O2/c1-2-7-21-13-6-4-3-5-11(13)9-18-14(20)12-8-15(16,17)10-19-12/h2-6,12,19H,1,7-10H2,(H,18,20). The first-order chi connectivity index (χ1) is 10.0. The summed E-state index contributed by atoms with van der Waals surface area (Å²) < 4.78 is 31.6. The molecular formula is C15H18F2N2O2. The Morgan fingerprint density at radius 1 is 1.52 bits per heavy atom. The van der Waals surface area contributed by atoms with E-state index in [2.05, 4.69) is 17.2 Å². The summed E-state index contributed by atoms with van der Waals surface area (Å²) in [6.07, 6.45) is 1.16. The average Bonchev–Trinajstić information content (AvgIpc) is 2.83. The van der Waals surface area contributed by atoms with Crippen LogP contribution < -0.4 is 15.4 Å². The molecule has 0 aliphatic carbocycles. The van der Waals surface area contributed by atoms with E-state index in [1.807, 2.05) is 18.2 Å². The number of hydrogen-bond acceptors (Lipinski definition) is 3. The van der Waals surface area contributed by atoms with E-state index in [4.69, 9.17) is 4.74 Å². The number of carbonyl (C=O) groups excluding carboxylic acids is 1. The van der Waals surface area contributed by atoms with Crippen LogP contribution in [0.4, 0.5) is 8.78 Å². The number of nitrogens with one attached hydrogen (secondary N) is 2. The fraction of sp³-hybridized carbons (Fsp3) is 0.400. The van der Waals surface area contributed by atoms with Crippen molar-refractivity contribution < 1.29 is 18.3 Å². The summed E-state index contributed by atoms with van der Waals surface area (Å²) >= 11 is 0. The molecule has 1 aromatic rings. The Balaban J connectivity index is 1.91. The number of alkyl halides is 2. The lowest BCUT2D eigenvalue weighted by atomic mass is 10.1. The second-order valence-electron chi connectivity index (χ2n) is 4.92. The number of hydrogen-bond donors (Lipinski definition) is 2. The van der Waals surface area contributed by atoms with Gasteiger partial charge >= 0.3 is 0 Å². The fourth-order valence-corrected chi connectivity index (χ4v) is 2.15. The third-order valence-corrected chi connectivity index (χ3v) is 3.21. The van der Waals surface area contributed by atoms with Gasteiger partial charge in [0.25, 0.3) is 5.92 Å². The van der Waals surface area contributed by atoms with Crippen LogP contribution in [0.15, 0.2) is 36.9 Å². The highest BCUT2D eigenvalue weighted by Gasteiger charge is 2.42. The first-order valence-corrected chi connectivity index (χ1v) is 6.72. The normalized spacial score (nSPS) is 20.0. The van der Waals surface area contributed by atoms with Crippen LogP contribution >= 0.6 is 0 Å². The van der Waals surface area contributed by atoms with Crippen LogP contribution in [-0.2, 0) is 11.3 Å². The predicted octanol–water partition coefficient (Wildman–Crippen LogP) is 1.86. The summed E-state index contributed by atoms with van der Waals surface area (Å²) in [5.74, 6) is -2.60. The molecule has 1 aliphatic rings. The third-order valence-electron chi connectivity index (χ3n) is 3.21. The molecule has 21 heavy (non-hydrogen) atoms. The summed E-state index contributed by atoms with van der Waals surface area (Å²) in [5.41, 5.74) is 0.789. The van der Waals surface area contributed by atoms with Crippen molar-refractivity contribution in [3.05, 3.63) is 42.5 Å². The molecule has 0 bridgehead atoms. The molecule has 0 spiro atoms. The number of amides is 1. The number of benzene rings is 1. The minimum Gasteiger partial charge on any atom is -0.489 e. The molecule has 1 saturated heterocycles. The predicted molar refractivity (Wildman–Crippen MR) is 75.3 cm³/mol. The number of rotatable bonds is 6. The lowest BCUT2D eigenvalue weighted by Gasteiger charge is -2.13. The van der Waals surface area contributed by atoms with E-state index in [-0.39, 0.29) is 6.54 Å². The van der Waals surface area contributed by atoms with Crippen LogP contribution in [0.25, 0.3) is 0 Å². The van der Waals surface area contributed by atoms with Gasteiger partial charge in [0.05, 0.1) is 12.6 Å². The van der Waals surface area contributed by atoms with Gasteiger partial charge < -0.3 is 10.1 Å². The molecule has 2 N–H and O–H groups in total. The van der Waals surface area contributed by atoms with Crippen LogP contribution in [0, 0.1) is 0 Å². The van der Waals surface area contributed by atoms with Crippen molar-refractivity contribution >= 4 is 5.91 Å². The molecule has 4 nitrogen and oxygen atoms in total. The summed E-state index contributed by atoms with van der Waals surface area (Å²) in [7, 11) is 0. The maximum atomic E-state index is 13.0. The lowest BCUT2D eigenvalue weighted by Crippen LogP contribution is -2.40. The Labute approximate surface area is 122 Å². The topological polar surface area (TPSA) is 50.4 Å². The molecule has 1 amide bonds. The Bertz CT molecular complexity index is 520. The monoisotopic (exact) mass is 296 g/mol. The van der Waals surface area contributed by atoms with Gasteiger partial charge in [0, 0.05) is 18.5 Å². The van der Waals surface area contributed by atoms with Gasteiger partial charge in [0.1, 0.15) is 12.4 Å². The smallest absolute Gasteiger partial charge is 0.262 e. The Kier molecular flexibility index (Phi) is 4.90. The van der Waals surface area contributed by atoms with Gasteiger partial charge in [-0.2, -0.15) is 0 Å².